The summed E-state index contributed by atoms with van der Waals surface area (Å²) in [5.74, 6) is 1.07. The van der Waals surface area contributed by atoms with Crippen molar-refractivity contribution in [1.29, 1.82) is 0 Å². The third kappa shape index (κ3) is 4.27. The van der Waals surface area contributed by atoms with Crippen LogP contribution in [0.15, 0.2) is 41.6 Å². The number of hydrogen-bond acceptors (Lipinski definition) is 9. The Labute approximate surface area is 198 Å². The number of amides is 1. The number of pyridine rings is 1. The zero-order valence-corrected chi connectivity index (χ0v) is 19.6. The van der Waals surface area contributed by atoms with Gasteiger partial charge in [-0.15, -0.1) is 10.2 Å². The normalized spacial score (nSPS) is 10.9. The lowest BCUT2D eigenvalue weighted by atomic mass is 10.1. The number of benzene rings is 2. The molecule has 0 spiro atoms. The molecule has 4 aromatic rings. The minimum absolute atomic E-state index is 0.0314. The van der Waals surface area contributed by atoms with Crippen LogP contribution < -0.4 is 19.5 Å². The number of methoxy groups -OCH3 is 3. The van der Waals surface area contributed by atoms with E-state index in [1.165, 1.54) is 37.1 Å². The molecule has 0 saturated heterocycles. The molecule has 0 atom stereocenters. The van der Waals surface area contributed by atoms with Crippen molar-refractivity contribution in [2.75, 3.05) is 32.4 Å². The topological polar surface area (TPSA) is 130 Å². The SMILES string of the molecule is COc1cc([N+](=O)[O-])ccc1NC(=O)CSc1nnc2c(C)cc3cc(OC)c(OC)cc3n12. The number of aromatic nitrogens is 3. The lowest BCUT2D eigenvalue weighted by Crippen LogP contribution is -2.15. The number of anilines is 1. The summed E-state index contributed by atoms with van der Waals surface area (Å²) in [6, 6.07) is 9.70. The summed E-state index contributed by atoms with van der Waals surface area (Å²) in [4.78, 5) is 23.1. The van der Waals surface area contributed by atoms with Gasteiger partial charge in [0.15, 0.2) is 22.3 Å². The van der Waals surface area contributed by atoms with Gasteiger partial charge in [-0.25, -0.2) is 0 Å². The first-order chi connectivity index (χ1) is 16.4. The third-order valence-corrected chi connectivity index (χ3v) is 6.06. The number of nitro benzene ring substituents is 1. The van der Waals surface area contributed by atoms with Crippen LogP contribution in [0.1, 0.15) is 5.56 Å². The number of ether oxygens (including phenoxy) is 3. The number of thioether (sulfide) groups is 1. The maximum atomic E-state index is 12.6. The summed E-state index contributed by atoms with van der Waals surface area (Å²) >= 11 is 1.21. The molecule has 176 valence electrons. The summed E-state index contributed by atoms with van der Waals surface area (Å²) in [6.07, 6.45) is 0. The highest BCUT2D eigenvalue weighted by molar-refractivity contribution is 7.99. The fraction of sp³-hybridized carbons (Fsp3) is 0.227. The number of hydrogen-bond donors (Lipinski definition) is 1. The van der Waals surface area contributed by atoms with E-state index in [0.29, 0.717) is 28.0 Å². The lowest BCUT2D eigenvalue weighted by Gasteiger charge is -2.12. The molecular formula is C22H21N5O6S. The van der Waals surface area contributed by atoms with Gasteiger partial charge >= 0.3 is 0 Å². The number of aryl methyl sites for hydroxylation is 1. The molecule has 0 aliphatic heterocycles. The van der Waals surface area contributed by atoms with Gasteiger partial charge in [0.05, 0.1) is 49.3 Å². The van der Waals surface area contributed by atoms with Gasteiger partial charge in [-0.3, -0.25) is 19.3 Å². The molecule has 0 aliphatic carbocycles. The molecule has 2 heterocycles. The Morgan fingerprint density at radius 1 is 1.06 bits per heavy atom. The van der Waals surface area contributed by atoms with E-state index in [0.717, 1.165) is 16.5 Å². The summed E-state index contributed by atoms with van der Waals surface area (Å²) < 4.78 is 17.9. The first-order valence-electron chi connectivity index (χ1n) is 10.0. The van der Waals surface area contributed by atoms with Crippen molar-refractivity contribution in [1.82, 2.24) is 14.6 Å². The molecule has 12 heteroatoms. The maximum absolute atomic E-state index is 12.6. The summed E-state index contributed by atoms with van der Waals surface area (Å²) in [6.45, 7) is 1.93. The van der Waals surface area contributed by atoms with Gasteiger partial charge in [-0.2, -0.15) is 0 Å². The van der Waals surface area contributed by atoms with E-state index in [2.05, 4.69) is 15.5 Å². The largest absolute Gasteiger partial charge is 0.494 e. The van der Waals surface area contributed by atoms with Crippen molar-refractivity contribution >= 4 is 45.6 Å². The Kier molecular flexibility index (Phi) is 6.41. The fourth-order valence-electron chi connectivity index (χ4n) is 3.54. The monoisotopic (exact) mass is 483 g/mol. The molecule has 0 saturated carbocycles. The van der Waals surface area contributed by atoms with Gasteiger partial charge in [-0.1, -0.05) is 11.8 Å². The number of nitro groups is 1. The second-order valence-electron chi connectivity index (χ2n) is 7.21. The Hall–Kier alpha value is -4.06. The number of non-ortho nitro benzene ring substituents is 1. The number of carbonyl (C=O) groups excluding carboxylic acids is 1. The van der Waals surface area contributed by atoms with Crippen LogP contribution in [0.2, 0.25) is 0 Å². The number of rotatable bonds is 8. The average molecular weight is 484 g/mol. The molecule has 0 aliphatic rings. The highest BCUT2D eigenvalue weighted by atomic mass is 32.2. The fourth-order valence-corrected chi connectivity index (χ4v) is 4.28. The predicted molar refractivity (Wildman–Crippen MR) is 127 cm³/mol. The van der Waals surface area contributed by atoms with Gasteiger partial charge in [0.2, 0.25) is 5.91 Å². The number of nitrogens with one attached hydrogen (secondary N) is 1. The van der Waals surface area contributed by atoms with Crippen molar-refractivity contribution in [2.24, 2.45) is 0 Å². The first-order valence-corrected chi connectivity index (χ1v) is 11.0. The molecule has 1 amide bonds. The predicted octanol–water partition coefficient (Wildman–Crippen LogP) is 3.86. The van der Waals surface area contributed by atoms with Gasteiger partial charge < -0.3 is 19.5 Å². The van der Waals surface area contributed by atoms with E-state index >= 15 is 0 Å². The van der Waals surface area contributed by atoms with Crippen LogP contribution in [-0.4, -0.2) is 52.5 Å². The van der Waals surface area contributed by atoms with E-state index in [4.69, 9.17) is 14.2 Å². The molecule has 0 fully saturated rings. The second-order valence-corrected chi connectivity index (χ2v) is 8.16. The van der Waals surface area contributed by atoms with E-state index < -0.39 is 4.92 Å². The molecule has 11 nitrogen and oxygen atoms in total. The summed E-state index contributed by atoms with van der Waals surface area (Å²) in [7, 11) is 4.52. The van der Waals surface area contributed by atoms with Crippen LogP contribution in [0.5, 0.6) is 17.2 Å². The van der Waals surface area contributed by atoms with Crippen molar-refractivity contribution in [3.8, 4) is 17.2 Å². The zero-order chi connectivity index (χ0) is 24.4. The van der Waals surface area contributed by atoms with Crippen LogP contribution in [0, 0.1) is 17.0 Å². The third-order valence-electron chi connectivity index (χ3n) is 5.13. The van der Waals surface area contributed by atoms with E-state index in [1.807, 2.05) is 29.5 Å². The molecule has 1 N–H and O–H groups in total. The van der Waals surface area contributed by atoms with Crippen molar-refractivity contribution in [3.05, 3.63) is 52.1 Å². The Bertz CT molecular complexity index is 1420. The first kappa shape index (κ1) is 23.1. The van der Waals surface area contributed by atoms with Gasteiger partial charge in [0, 0.05) is 17.5 Å². The Morgan fingerprint density at radius 3 is 2.44 bits per heavy atom. The van der Waals surface area contributed by atoms with Crippen molar-refractivity contribution in [2.45, 2.75) is 12.1 Å². The number of carbonyl (C=O) groups is 1. The molecule has 0 bridgehead atoms. The van der Waals surface area contributed by atoms with Crippen molar-refractivity contribution < 1.29 is 23.9 Å². The molecule has 2 aromatic heterocycles. The van der Waals surface area contributed by atoms with Gasteiger partial charge in [-0.05, 0) is 30.7 Å². The smallest absolute Gasteiger partial charge is 0.273 e. The van der Waals surface area contributed by atoms with Crippen LogP contribution in [0.3, 0.4) is 0 Å². The number of nitrogens with zero attached hydrogens (tertiary/aromatic N) is 4. The van der Waals surface area contributed by atoms with Crippen LogP contribution in [-0.2, 0) is 4.79 Å². The Morgan fingerprint density at radius 2 is 1.76 bits per heavy atom. The average Bonchev–Trinajstić information content (AvgIpc) is 3.27. The van der Waals surface area contributed by atoms with Crippen LogP contribution in [0.4, 0.5) is 11.4 Å². The molecule has 2 aromatic carbocycles. The molecule has 4 rings (SSSR count). The van der Waals surface area contributed by atoms with Gasteiger partial charge in [0.1, 0.15) is 5.75 Å². The maximum Gasteiger partial charge on any atom is 0.273 e. The zero-order valence-electron chi connectivity index (χ0n) is 18.8. The Balaban J connectivity index is 1.61. The van der Waals surface area contributed by atoms with E-state index in [9.17, 15) is 14.9 Å². The molecule has 0 unspecified atom stereocenters. The minimum atomic E-state index is -0.530. The lowest BCUT2D eigenvalue weighted by molar-refractivity contribution is -0.384. The van der Waals surface area contributed by atoms with E-state index in [-0.39, 0.29) is 23.1 Å². The molecule has 0 radical (unpaired) electrons. The summed E-state index contributed by atoms with van der Waals surface area (Å²) in [5.41, 5.74) is 2.60. The quantitative estimate of drug-likeness (QED) is 0.225. The van der Waals surface area contributed by atoms with E-state index in [1.54, 1.807) is 14.2 Å². The molecule has 34 heavy (non-hydrogen) atoms. The summed E-state index contributed by atoms with van der Waals surface area (Å²) in [5, 5.41) is 23.7. The van der Waals surface area contributed by atoms with Crippen LogP contribution in [0.25, 0.3) is 16.6 Å². The van der Waals surface area contributed by atoms with Gasteiger partial charge in [0.25, 0.3) is 5.69 Å². The minimum Gasteiger partial charge on any atom is -0.494 e. The number of fused-ring (bicyclic) bond motifs is 3. The second kappa shape index (κ2) is 9.43. The highest BCUT2D eigenvalue weighted by Gasteiger charge is 2.18. The van der Waals surface area contributed by atoms with Crippen LogP contribution >= 0.6 is 11.8 Å². The molecular weight excluding hydrogens is 462 g/mol. The standard InChI is InChI=1S/C22H21N5O6S/c1-12-7-13-8-18(32-3)19(33-4)10-16(13)26-21(12)24-25-22(26)34-11-20(28)23-15-6-5-14(27(29)30)9-17(15)31-2/h5-10H,11H2,1-4H3,(H,23,28). The van der Waals surface area contributed by atoms with Crippen molar-refractivity contribution in [3.63, 3.8) is 0 Å². The highest BCUT2D eigenvalue weighted by Crippen LogP contribution is 2.35.